The average Bonchev–Trinajstić information content (AvgIpc) is 3.16. The van der Waals surface area contributed by atoms with Crippen molar-refractivity contribution in [2.45, 2.75) is 0 Å². The molecule has 0 aromatic heterocycles. The number of methoxy groups -OCH3 is 1. The largest absolute Gasteiger partial charge is 0.493 e. The zero-order valence-electron chi connectivity index (χ0n) is 18.9. The van der Waals surface area contributed by atoms with Gasteiger partial charge in [-0.1, -0.05) is 48.2 Å². The highest BCUT2D eigenvalue weighted by molar-refractivity contribution is 8.27. The summed E-state index contributed by atoms with van der Waals surface area (Å²) in [5.74, 6) is 0.108. The molecule has 182 valence electrons. The predicted octanol–water partition coefficient (Wildman–Crippen LogP) is 5.03. The number of non-ortho nitro benzene ring substituents is 1. The fourth-order valence-corrected chi connectivity index (χ4v) is 4.62. The van der Waals surface area contributed by atoms with E-state index in [2.05, 4.69) is 5.32 Å². The van der Waals surface area contributed by atoms with Gasteiger partial charge < -0.3 is 14.8 Å². The molecular weight excluding hydrogens is 502 g/mol. The van der Waals surface area contributed by atoms with Crippen molar-refractivity contribution in [1.29, 1.82) is 0 Å². The van der Waals surface area contributed by atoms with Crippen molar-refractivity contribution in [3.8, 4) is 11.5 Å². The van der Waals surface area contributed by atoms with E-state index in [0.717, 1.165) is 11.8 Å². The highest BCUT2D eigenvalue weighted by atomic mass is 32.2. The molecule has 9 nitrogen and oxygen atoms in total. The molecule has 1 aliphatic heterocycles. The zero-order valence-corrected chi connectivity index (χ0v) is 20.5. The summed E-state index contributed by atoms with van der Waals surface area (Å²) < 4.78 is 11.3. The zero-order chi connectivity index (χ0) is 25.7. The van der Waals surface area contributed by atoms with Crippen LogP contribution in [-0.4, -0.2) is 34.8 Å². The van der Waals surface area contributed by atoms with E-state index in [1.807, 2.05) is 18.2 Å². The SMILES string of the molecule is COc1cc(/C=C2/SC(=S)N(c3ccc([N+](=O)[O-])cc3)C2=O)ccc1OCC(=O)Nc1ccccc1. The molecule has 1 saturated heterocycles. The molecule has 0 atom stereocenters. The van der Waals surface area contributed by atoms with Gasteiger partial charge in [0.2, 0.25) is 0 Å². The molecule has 1 aliphatic rings. The molecule has 36 heavy (non-hydrogen) atoms. The van der Waals surface area contributed by atoms with Crippen molar-refractivity contribution < 1.29 is 24.0 Å². The average molecular weight is 522 g/mol. The highest BCUT2D eigenvalue weighted by Crippen LogP contribution is 2.37. The predicted molar refractivity (Wildman–Crippen MR) is 142 cm³/mol. The molecule has 1 fully saturated rings. The van der Waals surface area contributed by atoms with Gasteiger partial charge in [-0.15, -0.1) is 0 Å². The van der Waals surface area contributed by atoms with E-state index < -0.39 is 4.92 Å². The van der Waals surface area contributed by atoms with Gasteiger partial charge in [0, 0.05) is 17.8 Å². The quantitative estimate of drug-likeness (QED) is 0.190. The number of amides is 2. The number of thiocarbonyl (C=S) groups is 1. The van der Waals surface area contributed by atoms with Crippen LogP contribution in [0.25, 0.3) is 6.08 Å². The topological polar surface area (TPSA) is 111 Å². The molecule has 1 heterocycles. The number of hydrogen-bond donors (Lipinski definition) is 1. The minimum Gasteiger partial charge on any atom is -0.493 e. The van der Waals surface area contributed by atoms with Crippen molar-refractivity contribution in [3.63, 3.8) is 0 Å². The first-order valence-corrected chi connectivity index (χ1v) is 11.8. The normalized spacial score (nSPS) is 14.1. The Labute approximate surface area is 215 Å². The maximum Gasteiger partial charge on any atom is 0.270 e. The van der Waals surface area contributed by atoms with E-state index in [9.17, 15) is 19.7 Å². The third kappa shape index (κ3) is 5.70. The van der Waals surface area contributed by atoms with Crippen molar-refractivity contribution in [2.24, 2.45) is 0 Å². The van der Waals surface area contributed by atoms with E-state index in [4.69, 9.17) is 21.7 Å². The number of carbonyl (C=O) groups is 2. The van der Waals surface area contributed by atoms with Crippen LogP contribution >= 0.6 is 24.0 Å². The van der Waals surface area contributed by atoms with E-state index in [1.54, 1.807) is 36.4 Å². The molecule has 1 N–H and O–H groups in total. The lowest BCUT2D eigenvalue weighted by Crippen LogP contribution is -2.27. The van der Waals surface area contributed by atoms with Crippen molar-refractivity contribution in [3.05, 3.63) is 93.4 Å². The number of nitrogens with one attached hydrogen (secondary N) is 1. The number of rotatable bonds is 8. The van der Waals surface area contributed by atoms with Gasteiger partial charge in [0.15, 0.2) is 22.4 Å². The van der Waals surface area contributed by atoms with Gasteiger partial charge >= 0.3 is 0 Å². The monoisotopic (exact) mass is 521 g/mol. The molecule has 3 aromatic rings. The second kappa shape index (κ2) is 11.0. The Hall–Kier alpha value is -4.22. The van der Waals surface area contributed by atoms with Crippen LogP contribution in [0.5, 0.6) is 11.5 Å². The molecule has 4 rings (SSSR count). The number of anilines is 2. The van der Waals surface area contributed by atoms with Crippen LogP contribution in [0.2, 0.25) is 0 Å². The molecule has 0 radical (unpaired) electrons. The van der Waals surface area contributed by atoms with E-state index in [-0.39, 0.29) is 24.1 Å². The number of nitrogens with zero attached hydrogens (tertiary/aromatic N) is 2. The minimum absolute atomic E-state index is 0.0771. The summed E-state index contributed by atoms with van der Waals surface area (Å²) >= 11 is 6.49. The van der Waals surface area contributed by atoms with Crippen molar-refractivity contribution in [2.75, 3.05) is 23.9 Å². The summed E-state index contributed by atoms with van der Waals surface area (Å²) in [6.45, 7) is -0.210. The van der Waals surface area contributed by atoms with Crippen LogP contribution in [0.1, 0.15) is 5.56 Å². The summed E-state index contributed by atoms with van der Waals surface area (Å²) in [6.07, 6.45) is 1.67. The van der Waals surface area contributed by atoms with Crippen LogP contribution in [0.15, 0.2) is 77.7 Å². The van der Waals surface area contributed by atoms with E-state index in [0.29, 0.717) is 37.7 Å². The van der Waals surface area contributed by atoms with Gasteiger partial charge in [0.1, 0.15) is 0 Å². The highest BCUT2D eigenvalue weighted by Gasteiger charge is 2.33. The summed E-state index contributed by atoms with van der Waals surface area (Å²) in [7, 11) is 1.48. The maximum atomic E-state index is 13.0. The van der Waals surface area contributed by atoms with Crippen LogP contribution in [0.3, 0.4) is 0 Å². The molecule has 3 aromatic carbocycles. The van der Waals surface area contributed by atoms with E-state index >= 15 is 0 Å². The van der Waals surface area contributed by atoms with E-state index in [1.165, 1.54) is 36.3 Å². The van der Waals surface area contributed by atoms with Crippen molar-refractivity contribution >= 4 is 63.3 Å². The van der Waals surface area contributed by atoms with Gasteiger partial charge in [-0.2, -0.15) is 0 Å². The third-order valence-corrected chi connectivity index (χ3v) is 6.32. The Bertz CT molecular complexity index is 1360. The first-order valence-electron chi connectivity index (χ1n) is 10.5. The standard InChI is InChI=1S/C25H19N3O6S2/c1-33-21-13-16(7-12-20(21)34-15-23(29)26-17-5-3-2-4-6-17)14-22-24(30)27(25(35)36-22)18-8-10-19(11-9-18)28(31)32/h2-14H,15H2,1H3,(H,26,29)/b22-14+. The Morgan fingerprint density at radius 1 is 1.11 bits per heavy atom. The van der Waals surface area contributed by atoms with Crippen LogP contribution < -0.4 is 19.7 Å². The van der Waals surface area contributed by atoms with Crippen molar-refractivity contribution in [1.82, 2.24) is 0 Å². The second-order valence-electron chi connectivity index (χ2n) is 7.40. The van der Waals surface area contributed by atoms with Gasteiger partial charge in [-0.05, 0) is 48.0 Å². The lowest BCUT2D eigenvalue weighted by Gasteiger charge is -2.14. The van der Waals surface area contributed by atoms with Gasteiger partial charge in [0.05, 0.1) is 22.6 Å². The number of nitro benzene ring substituents is 1. The molecule has 2 amide bonds. The fraction of sp³-hybridized carbons (Fsp3) is 0.0800. The van der Waals surface area contributed by atoms with Crippen LogP contribution in [0, 0.1) is 10.1 Å². The number of para-hydroxylation sites is 1. The summed E-state index contributed by atoms with van der Waals surface area (Å²) in [4.78, 5) is 37.3. The molecular formula is C25H19N3O6S2. The molecule has 0 bridgehead atoms. The first kappa shape index (κ1) is 24.9. The molecule has 0 aliphatic carbocycles. The summed E-state index contributed by atoms with van der Waals surface area (Å²) in [5, 5.41) is 13.6. The fourth-order valence-electron chi connectivity index (χ4n) is 3.32. The van der Waals surface area contributed by atoms with Gasteiger partial charge in [-0.25, -0.2) is 0 Å². The number of hydrogen-bond acceptors (Lipinski definition) is 8. The number of ether oxygens (including phenoxy) is 2. The van der Waals surface area contributed by atoms with Crippen LogP contribution in [0.4, 0.5) is 17.1 Å². The molecule has 0 unspecified atom stereocenters. The third-order valence-electron chi connectivity index (χ3n) is 5.01. The summed E-state index contributed by atoms with van der Waals surface area (Å²) in [5.41, 5.74) is 1.70. The molecule has 0 spiro atoms. The van der Waals surface area contributed by atoms with Gasteiger partial charge in [-0.3, -0.25) is 24.6 Å². The van der Waals surface area contributed by atoms with Gasteiger partial charge in [0.25, 0.3) is 17.5 Å². The molecule has 11 heteroatoms. The minimum atomic E-state index is -0.509. The number of nitro groups is 1. The lowest BCUT2D eigenvalue weighted by atomic mass is 10.1. The Morgan fingerprint density at radius 2 is 1.83 bits per heavy atom. The Morgan fingerprint density at radius 3 is 2.50 bits per heavy atom. The lowest BCUT2D eigenvalue weighted by molar-refractivity contribution is -0.384. The smallest absolute Gasteiger partial charge is 0.270 e. The second-order valence-corrected chi connectivity index (χ2v) is 9.08. The number of carbonyl (C=O) groups excluding carboxylic acids is 2. The Balaban J connectivity index is 1.46. The summed E-state index contributed by atoms with van der Waals surface area (Å²) in [6, 6.07) is 19.7. The number of benzene rings is 3. The van der Waals surface area contributed by atoms with Crippen LogP contribution in [-0.2, 0) is 9.59 Å². The maximum absolute atomic E-state index is 13.0. The first-order chi connectivity index (χ1) is 17.4. The molecule has 0 saturated carbocycles. The number of thioether (sulfide) groups is 1. The Kier molecular flexibility index (Phi) is 7.62.